The van der Waals surface area contributed by atoms with Crippen molar-refractivity contribution < 1.29 is 0 Å². The Hall–Kier alpha value is -0.770. The lowest BCUT2D eigenvalue weighted by Crippen LogP contribution is -1.99. The highest BCUT2D eigenvalue weighted by molar-refractivity contribution is 7.78. The van der Waals surface area contributed by atoms with E-state index in [0.29, 0.717) is 6.42 Å². The second kappa shape index (κ2) is 2.88. The normalized spacial score (nSPS) is 9.80. The van der Waals surface area contributed by atoms with Crippen LogP contribution in [0.25, 0.3) is 0 Å². The van der Waals surface area contributed by atoms with Crippen molar-refractivity contribution in [3.05, 3.63) is 11.6 Å². The molecule has 0 N–H and O–H groups in total. The fraction of sp³-hybridized carbons (Fsp3) is 0.500. The Bertz CT molecular complexity index is 241. The number of rotatable bonds is 2. The molecular weight excluding hydrogens is 146 g/mol. The van der Waals surface area contributed by atoms with Gasteiger partial charge in [-0.2, -0.15) is 0 Å². The van der Waals surface area contributed by atoms with Gasteiger partial charge in [0.1, 0.15) is 11.6 Å². The zero-order valence-corrected chi connectivity index (χ0v) is 6.85. The minimum Gasteiger partial charge on any atom is -0.318 e. The summed E-state index contributed by atoms with van der Waals surface area (Å²) >= 11 is 4.70. The Kier molecular flexibility index (Phi) is 2.11. The van der Waals surface area contributed by atoms with Crippen LogP contribution in [0.15, 0.2) is 0 Å². The van der Waals surface area contributed by atoms with Crippen LogP contribution in [0, 0.1) is 6.92 Å². The van der Waals surface area contributed by atoms with E-state index < -0.39 is 0 Å². The second-order valence-electron chi connectivity index (χ2n) is 2.09. The Morgan fingerprint density at radius 2 is 2.30 bits per heavy atom. The molecule has 0 saturated heterocycles. The number of hydrogen-bond donors (Lipinski definition) is 0. The molecule has 4 heteroatoms. The average molecular weight is 155 g/mol. The quantitative estimate of drug-likeness (QED) is 0.588. The van der Waals surface area contributed by atoms with E-state index in [1.807, 2.05) is 18.5 Å². The summed E-state index contributed by atoms with van der Waals surface area (Å²) in [5, 5.41) is 9.46. The third kappa shape index (κ3) is 1.21. The van der Waals surface area contributed by atoms with Crippen molar-refractivity contribution in [3.8, 4) is 0 Å². The molecule has 0 saturated carbocycles. The summed E-state index contributed by atoms with van der Waals surface area (Å²) in [5.74, 6) is 1.85. The lowest BCUT2D eigenvalue weighted by molar-refractivity contribution is 0.813. The molecule has 0 fully saturated rings. The maximum Gasteiger partial charge on any atom is 0.137 e. The van der Waals surface area contributed by atoms with E-state index in [1.165, 1.54) is 0 Å². The van der Waals surface area contributed by atoms with Gasteiger partial charge in [0.05, 0.1) is 0 Å². The van der Waals surface area contributed by atoms with Crippen molar-refractivity contribution in [1.82, 2.24) is 14.8 Å². The standard InChI is InChI=1S/C6H9N3S/c1-5-7-8-6(3-4-10)9(5)2/h4H,3H2,1-2H3. The third-order valence-corrected chi connectivity index (χ3v) is 1.62. The van der Waals surface area contributed by atoms with Gasteiger partial charge in [-0.3, -0.25) is 0 Å². The minimum absolute atomic E-state index is 0.715. The molecule has 1 heterocycles. The first-order chi connectivity index (χ1) is 4.75. The van der Waals surface area contributed by atoms with Crippen molar-refractivity contribution in [3.63, 3.8) is 0 Å². The van der Waals surface area contributed by atoms with Gasteiger partial charge in [-0.05, 0) is 12.3 Å². The summed E-state index contributed by atoms with van der Waals surface area (Å²) < 4.78 is 1.93. The van der Waals surface area contributed by atoms with Crippen molar-refractivity contribution in [2.24, 2.45) is 7.05 Å². The van der Waals surface area contributed by atoms with Gasteiger partial charge in [0.15, 0.2) is 0 Å². The van der Waals surface area contributed by atoms with Crippen molar-refractivity contribution >= 4 is 17.6 Å². The van der Waals surface area contributed by atoms with Crippen LogP contribution in [-0.2, 0) is 13.5 Å². The summed E-state index contributed by atoms with van der Waals surface area (Å²) in [6, 6.07) is 0. The van der Waals surface area contributed by atoms with E-state index in [1.54, 1.807) is 5.37 Å². The Morgan fingerprint density at radius 3 is 2.70 bits per heavy atom. The Morgan fingerprint density at radius 1 is 1.60 bits per heavy atom. The maximum atomic E-state index is 4.70. The number of aryl methyl sites for hydroxylation is 1. The first-order valence-corrected chi connectivity index (χ1v) is 3.51. The fourth-order valence-corrected chi connectivity index (χ4v) is 0.852. The molecule has 0 spiro atoms. The summed E-state index contributed by atoms with van der Waals surface area (Å²) in [5.41, 5.74) is 0. The van der Waals surface area contributed by atoms with Gasteiger partial charge in [-0.15, -0.1) is 10.2 Å². The van der Waals surface area contributed by atoms with E-state index in [0.717, 1.165) is 11.6 Å². The van der Waals surface area contributed by atoms with Crippen LogP contribution in [0.5, 0.6) is 0 Å². The lowest BCUT2D eigenvalue weighted by Gasteiger charge is -1.94. The summed E-state index contributed by atoms with van der Waals surface area (Å²) in [6.45, 7) is 1.92. The molecule has 0 aliphatic heterocycles. The molecule has 3 nitrogen and oxygen atoms in total. The van der Waals surface area contributed by atoms with Crippen LogP contribution in [-0.4, -0.2) is 20.1 Å². The Labute approximate surface area is 65.1 Å². The SMILES string of the molecule is Cc1nnc(CC=S)n1C. The lowest BCUT2D eigenvalue weighted by atomic mass is 10.4. The zero-order chi connectivity index (χ0) is 7.56. The fourth-order valence-electron chi connectivity index (χ4n) is 0.703. The third-order valence-electron chi connectivity index (χ3n) is 1.45. The van der Waals surface area contributed by atoms with Gasteiger partial charge in [-0.25, -0.2) is 0 Å². The van der Waals surface area contributed by atoms with Crippen LogP contribution < -0.4 is 0 Å². The van der Waals surface area contributed by atoms with E-state index in [4.69, 9.17) is 12.2 Å². The van der Waals surface area contributed by atoms with E-state index in [9.17, 15) is 0 Å². The summed E-state index contributed by atoms with van der Waals surface area (Å²) in [7, 11) is 1.93. The monoisotopic (exact) mass is 155 g/mol. The molecule has 10 heavy (non-hydrogen) atoms. The summed E-state index contributed by atoms with van der Waals surface area (Å²) in [6.07, 6.45) is 0.715. The average Bonchev–Trinajstić information content (AvgIpc) is 2.20. The van der Waals surface area contributed by atoms with Crippen molar-refractivity contribution in [2.75, 3.05) is 0 Å². The van der Waals surface area contributed by atoms with E-state index in [2.05, 4.69) is 10.2 Å². The molecule has 1 aromatic heterocycles. The summed E-state index contributed by atoms with van der Waals surface area (Å²) in [4.78, 5) is 0. The molecule has 0 bridgehead atoms. The number of aromatic nitrogens is 3. The predicted molar refractivity (Wildman–Crippen MR) is 43.1 cm³/mol. The smallest absolute Gasteiger partial charge is 0.137 e. The highest BCUT2D eigenvalue weighted by atomic mass is 32.1. The van der Waals surface area contributed by atoms with Gasteiger partial charge in [-0.1, -0.05) is 12.2 Å². The van der Waals surface area contributed by atoms with Gasteiger partial charge in [0.2, 0.25) is 0 Å². The topological polar surface area (TPSA) is 30.7 Å². The van der Waals surface area contributed by atoms with E-state index >= 15 is 0 Å². The molecule has 0 aliphatic rings. The van der Waals surface area contributed by atoms with Crippen molar-refractivity contribution in [1.29, 1.82) is 0 Å². The molecule has 0 aliphatic carbocycles. The largest absolute Gasteiger partial charge is 0.318 e. The number of hydrogen-bond acceptors (Lipinski definition) is 3. The van der Waals surface area contributed by atoms with Gasteiger partial charge in [0, 0.05) is 13.5 Å². The highest BCUT2D eigenvalue weighted by Crippen LogP contribution is 1.96. The Balaban J connectivity index is 2.93. The van der Waals surface area contributed by atoms with Crippen LogP contribution in [0.1, 0.15) is 11.6 Å². The van der Waals surface area contributed by atoms with Crippen LogP contribution in [0.4, 0.5) is 0 Å². The van der Waals surface area contributed by atoms with Crippen LogP contribution in [0.3, 0.4) is 0 Å². The molecule has 0 atom stereocenters. The van der Waals surface area contributed by atoms with Gasteiger partial charge >= 0.3 is 0 Å². The van der Waals surface area contributed by atoms with Crippen LogP contribution >= 0.6 is 12.2 Å². The van der Waals surface area contributed by atoms with Crippen molar-refractivity contribution in [2.45, 2.75) is 13.3 Å². The number of thiocarbonyl (C=S) groups is 1. The highest BCUT2D eigenvalue weighted by Gasteiger charge is 2.00. The van der Waals surface area contributed by atoms with Gasteiger partial charge in [0.25, 0.3) is 0 Å². The predicted octanol–water partition coefficient (Wildman–Crippen LogP) is 0.666. The minimum atomic E-state index is 0.715. The molecule has 0 radical (unpaired) electrons. The first-order valence-electron chi connectivity index (χ1n) is 3.04. The molecular formula is C6H9N3S. The molecule has 1 rings (SSSR count). The molecule has 54 valence electrons. The first kappa shape index (κ1) is 7.34. The second-order valence-corrected chi connectivity index (χ2v) is 2.43. The molecule has 1 aromatic rings. The molecule has 0 amide bonds. The number of nitrogens with zero attached hydrogens (tertiary/aromatic N) is 3. The maximum absolute atomic E-state index is 4.70. The van der Waals surface area contributed by atoms with E-state index in [-0.39, 0.29) is 0 Å². The van der Waals surface area contributed by atoms with Crippen LogP contribution in [0.2, 0.25) is 0 Å². The van der Waals surface area contributed by atoms with Gasteiger partial charge < -0.3 is 4.57 Å². The zero-order valence-electron chi connectivity index (χ0n) is 6.03. The molecule has 0 unspecified atom stereocenters. The molecule has 0 aromatic carbocycles.